The van der Waals surface area contributed by atoms with Crippen molar-refractivity contribution < 1.29 is 24.2 Å². The maximum Gasteiger partial charge on any atom is 0.303 e. The number of allylic oxidation sites excluding steroid dienone is 5. The van der Waals surface area contributed by atoms with E-state index in [9.17, 15) is 9.59 Å². The summed E-state index contributed by atoms with van der Waals surface area (Å²) in [6, 6.07) is 0. The molecule has 0 saturated carbocycles. The molecule has 1 N–H and O–H groups in total. The van der Waals surface area contributed by atoms with E-state index in [-0.39, 0.29) is 18.3 Å². The lowest BCUT2D eigenvalue weighted by atomic mass is 10.1. The van der Waals surface area contributed by atoms with Gasteiger partial charge in [-0.25, -0.2) is 0 Å². The number of carbonyl (C=O) groups is 2. The van der Waals surface area contributed by atoms with Crippen molar-refractivity contribution in [1.29, 1.82) is 0 Å². The molecular formula is C24H40O5. The van der Waals surface area contributed by atoms with Gasteiger partial charge in [0, 0.05) is 25.9 Å². The van der Waals surface area contributed by atoms with Crippen molar-refractivity contribution in [3.05, 3.63) is 36.5 Å². The summed E-state index contributed by atoms with van der Waals surface area (Å²) in [5.41, 5.74) is 0. The van der Waals surface area contributed by atoms with Crippen LogP contribution in [0.3, 0.4) is 0 Å². The number of ether oxygens (including phenoxy) is 2. The lowest BCUT2D eigenvalue weighted by Gasteiger charge is -2.13. The van der Waals surface area contributed by atoms with Crippen molar-refractivity contribution >= 4 is 11.8 Å². The molecule has 5 heteroatoms. The largest absolute Gasteiger partial charge is 0.481 e. The Morgan fingerprint density at radius 3 is 2.48 bits per heavy atom. The normalized spacial score (nSPS) is 13.0. The van der Waals surface area contributed by atoms with Gasteiger partial charge in [-0.2, -0.15) is 0 Å². The van der Waals surface area contributed by atoms with Gasteiger partial charge in [-0.15, -0.1) is 0 Å². The maximum absolute atomic E-state index is 11.8. The molecule has 0 amide bonds. The van der Waals surface area contributed by atoms with Gasteiger partial charge in [-0.3, -0.25) is 9.59 Å². The molecular weight excluding hydrogens is 368 g/mol. The lowest BCUT2D eigenvalue weighted by molar-refractivity contribution is -0.137. The monoisotopic (exact) mass is 408 g/mol. The topological polar surface area (TPSA) is 72.8 Å². The third-order valence-corrected chi connectivity index (χ3v) is 4.29. The summed E-state index contributed by atoms with van der Waals surface area (Å²) >= 11 is 0. The van der Waals surface area contributed by atoms with Gasteiger partial charge in [0.1, 0.15) is 5.78 Å². The highest BCUT2D eigenvalue weighted by molar-refractivity contribution is 5.79. The van der Waals surface area contributed by atoms with Gasteiger partial charge in [-0.05, 0) is 39.0 Å². The fourth-order valence-electron chi connectivity index (χ4n) is 2.65. The van der Waals surface area contributed by atoms with Crippen LogP contribution in [0.5, 0.6) is 0 Å². The predicted molar refractivity (Wildman–Crippen MR) is 118 cm³/mol. The molecule has 0 rings (SSSR count). The molecule has 0 unspecified atom stereocenters. The van der Waals surface area contributed by atoms with Crippen LogP contribution in [0.2, 0.25) is 0 Å². The summed E-state index contributed by atoms with van der Waals surface area (Å²) in [6.45, 7) is 5.79. The summed E-state index contributed by atoms with van der Waals surface area (Å²) in [5.74, 6) is -0.529. The average Bonchev–Trinajstić information content (AvgIpc) is 2.69. The summed E-state index contributed by atoms with van der Waals surface area (Å²) in [7, 11) is 0. The minimum absolute atomic E-state index is 0.126. The van der Waals surface area contributed by atoms with Gasteiger partial charge < -0.3 is 14.6 Å². The molecule has 0 aliphatic carbocycles. The van der Waals surface area contributed by atoms with Crippen molar-refractivity contribution in [2.45, 2.75) is 84.2 Å². The summed E-state index contributed by atoms with van der Waals surface area (Å²) in [5, 5.41) is 8.77. The van der Waals surface area contributed by atoms with E-state index < -0.39 is 5.97 Å². The second-order valence-electron chi connectivity index (χ2n) is 6.95. The minimum Gasteiger partial charge on any atom is -0.481 e. The first-order valence-corrected chi connectivity index (χ1v) is 11.0. The molecule has 0 aromatic rings. The van der Waals surface area contributed by atoms with E-state index in [1.807, 2.05) is 37.3 Å². The number of ketones is 1. The van der Waals surface area contributed by atoms with Crippen LogP contribution in [0.15, 0.2) is 36.5 Å². The molecule has 166 valence electrons. The smallest absolute Gasteiger partial charge is 0.303 e. The zero-order valence-electron chi connectivity index (χ0n) is 18.3. The van der Waals surface area contributed by atoms with Crippen LogP contribution < -0.4 is 0 Å². The van der Waals surface area contributed by atoms with Crippen LogP contribution in [-0.2, 0) is 19.1 Å². The molecule has 0 aromatic heterocycles. The molecule has 5 nitrogen and oxygen atoms in total. The van der Waals surface area contributed by atoms with Crippen LogP contribution in [0.25, 0.3) is 0 Å². The van der Waals surface area contributed by atoms with Crippen LogP contribution >= 0.6 is 0 Å². The van der Waals surface area contributed by atoms with Crippen LogP contribution in [0.4, 0.5) is 0 Å². The van der Waals surface area contributed by atoms with E-state index in [0.29, 0.717) is 45.5 Å². The number of carbonyl (C=O) groups excluding carboxylic acids is 1. The second-order valence-corrected chi connectivity index (χ2v) is 6.95. The highest BCUT2D eigenvalue weighted by Crippen LogP contribution is 2.08. The molecule has 29 heavy (non-hydrogen) atoms. The average molecular weight is 409 g/mol. The number of hydrogen-bond donors (Lipinski definition) is 1. The van der Waals surface area contributed by atoms with Crippen molar-refractivity contribution in [3.63, 3.8) is 0 Å². The van der Waals surface area contributed by atoms with Gasteiger partial charge in [0.05, 0.1) is 19.3 Å². The fourth-order valence-corrected chi connectivity index (χ4v) is 2.65. The van der Waals surface area contributed by atoms with E-state index in [4.69, 9.17) is 14.6 Å². The van der Waals surface area contributed by atoms with Crippen LogP contribution in [0.1, 0.15) is 78.1 Å². The zero-order chi connectivity index (χ0) is 21.6. The van der Waals surface area contributed by atoms with Gasteiger partial charge in [-0.1, -0.05) is 56.2 Å². The first kappa shape index (κ1) is 27.3. The first-order chi connectivity index (χ1) is 14.1. The number of unbranched alkanes of at least 4 members (excludes halogenated alkanes) is 3. The Kier molecular flexibility index (Phi) is 19.8. The summed E-state index contributed by atoms with van der Waals surface area (Å²) in [6.07, 6.45) is 19.6. The van der Waals surface area contributed by atoms with Crippen LogP contribution in [-0.4, -0.2) is 42.8 Å². The van der Waals surface area contributed by atoms with Crippen molar-refractivity contribution in [1.82, 2.24) is 0 Å². The SMILES string of the molecule is CCCCC/C=C\CC(=O)CC/C=C/C=C\[C@H](CCCC(=O)O)OCCOCC. The quantitative estimate of drug-likeness (QED) is 0.160. The number of aliphatic carboxylic acids is 1. The van der Waals surface area contributed by atoms with E-state index in [1.165, 1.54) is 19.3 Å². The Labute approximate surface area is 176 Å². The minimum atomic E-state index is -0.789. The van der Waals surface area contributed by atoms with Gasteiger partial charge in [0.25, 0.3) is 0 Å². The number of hydrogen-bond acceptors (Lipinski definition) is 4. The van der Waals surface area contributed by atoms with E-state index >= 15 is 0 Å². The second kappa shape index (κ2) is 21.0. The Morgan fingerprint density at radius 2 is 1.76 bits per heavy atom. The van der Waals surface area contributed by atoms with Crippen molar-refractivity contribution in [2.24, 2.45) is 0 Å². The standard InChI is InChI=1S/C24H40O5/c1-3-5-6-7-8-11-15-22(25)16-12-9-10-13-17-23(18-14-19-24(26)27)29-21-20-28-4-2/h8-11,13,17,23H,3-7,12,14-16,18-21H2,1-2H3,(H,26,27)/b10-9+,11-8-,17-13-/t23-/m1/s1. The molecule has 0 fully saturated rings. The fraction of sp³-hybridized carbons (Fsp3) is 0.667. The molecule has 0 aliphatic heterocycles. The van der Waals surface area contributed by atoms with Crippen molar-refractivity contribution in [2.75, 3.05) is 19.8 Å². The van der Waals surface area contributed by atoms with Gasteiger partial charge in [0.15, 0.2) is 0 Å². The molecule has 0 radical (unpaired) electrons. The highest BCUT2D eigenvalue weighted by Gasteiger charge is 2.06. The third kappa shape index (κ3) is 20.8. The lowest BCUT2D eigenvalue weighted by Crippen LogP contribution is -2.14. The predicted octanol–water partition coefficient (Wildman–Crippen LogP) is 5.65. The Hall–Kier alpha value is -1.72. The Morgan fingerprint density at radius 1 is 0.931 bits per heavy atom. The molecule has 0 bridgehead atoms. The number of carboxylic acids is 1. The summed E-state index contributed by atoms with van der Waals surface area (Å²) in [4.78, 5) is 22.5. The zero-order valence-corrected chi connectivity index (χ0v) is 18.3. The van der Waals surface area contributed by atoms with Crippen LogP contribution in [0, 0.1) is 0 Å². The van der Waals surface area contributed by atoms with E-state index in [1.54, 1.807) is 0 Å². The maximum atomic E-state index is 11.8. The number of Topliss-reactive ketones (excluding diaryl/α,β-unsaturated/α-hetero) is 1. The highest BCUT2D eigenvalue weighted by atomic mass is 16.5. The van der Waals surface area contributed by atoms with Gasteiger partial charge >= 0.3 is 5.97 Å². The third-order valence-electron chi connectivity index (χ3n) is 4.29. The molecule has 0 heterocycles. The number of rotatable bonds is 20. The molecule has 0 saturated heterocycles. The Bertz CT molecular complexity index is 493. The molecule has 1 atom stereocenters. The first-order valence-electron chi connectivity index (χ1n) is 11.0. The van der Waals surface area contributed by atoms with E-state index in [0.717, 1.165) is 12.8 Å². The molecule has 0 aromatic carbocycles. The van der Waals surface area contributed by atoms with Gasteiger partial charge in [0.2, 0.25) is 0 Å². The molecule has 0 aliphatic rings. The van der Waals surface area contributed by atoms with E-state index in [2.05, 4.69) is 13.0 Å². The number of carboxylic acid groups (broad SMARTS) is 1. The summed E-state index contributed by atoms with van der Waals surface area (Å²) < 4.78 is 11.0. The Balaban J connectivity index is 4.09. The van der Waals surface area contributed by atoms with Crippen molar-refractivity contribution in [3.8, 4) is 0 Å². The molecule has 0 spiro atoms.